The topological polar surface area (TPSA) is 55.1 Å². The fourth-order valence-electron chi connectivity index (χ4n) is 3.11. The Hall–Kier alpha value is -0.570. The van der Waals surface area contributed by atoms with Crippen LogP contribution in [0.1, 0.15) is 58.3 Å². The largest absolute Gasteiger partial charge is 0.355 e. The van der Waals surface area contributed by atoms with Crippen molar-refractivity contribution in [3.05, 3.63) is 0 Å². The first-order valence-electron chi connectivity index (χ1n) is 7.18. The summed E-state index contributed by atoms with van der Waals surface area (Å²) in [5.41, 5.74) is 6.38. The maximum absolute atomic E-state index is 12.1. The molecule has 17 heavy (non-hydrogen) atoms. The highest BCUT2D eigenvalue weighted by Gasteiger charge is 2.41. The second-order valence-corrected chi connectivity index (χ2v) is 6.09. The molecule has 0 saturated heterocycles. The molecule has 1 amide bonds. The van der Waals surface area contributed by atoms with E-state index in [-0.39, 0.29) is 17.9 Å². The Bertz CT molecular complexity index is 273. The lowest BCUT2D eigenvalue weighted by Gasteiger charge is -2.26. The van der Waals surface area contributed by atoms with E-state index < -0.39 is 0 Å². The molecule has 2 aliphatic rings. The highest BCUT2D eigenvalue weighted by molar-refractivity contribution is 5.78. The van der Waals surface area contributed by atoms with E-state index in [0.717, 1.165) is 32.2 Å². The van der Waals surface area contributed by atoms with Crippen LogP contribution in [0.15, 0.2) is 0 Å². The quantitative estimate of drug-likeness (QED) is 0.771. The molecule has 2 unspecified atom stereocenters. The summed E-state index contributed by atoms with van der Waals surface area (Å²) in [6.07, 6.45) is 9.19. The maximum atomic E-state index is 12.1. The van der Waals surface area contributed by atoms with Crippen molar-refractivity contribution in [2.45, 2.75) is 64.3 Å². The number of amides is 1. The molecule has 0 radical (unpaired) electrons. The summed E-state index contributed by atoms with van der Waals surface area (Å²) in [6, 6.07) is 0.241. The van der Waals surface area contributed by atoms with Crippen LogP contribution in [0.3, 0.4) is 0 Å². The van der Waals surface area contributed by atoms with Crippen molar-refractivity contribution in [1.82, 2.24) is 5.32 Å². The summed E-state index contributed by atoms with van der Waals surface area (Å²) in [5.74, 6) is 0.429. The van der Waals surface area contributed by atoms with E-state index in [4.69, 9.17) is 5.73 Å². The Morgan fingerprint density at radius 1 is 1.41 bits per heavy atom. The summed E-state index contributed by atoms with van der Waals surface area (Å²) >= 11 is 0. The molecule has 2 saturated carbocycles. The molecule has 98 valence electrons. The summed E-state index contributed by atoms with van der Waals surface area (Å²) < 4.78 is 0. The molecule has 2 fully saturated rings. The maximum Gasteiger partial charge on any atom is 0.223 e. The van der Waals surface area contributed by atoms with Gasteiger partial charge >= 0.3 is 0 Å². The molecule has 3 heteroatoms. The number of rotatable bonds is 5. The van der Waals surface area contributed by atoms with Gasteiger partial charge in [-0.25, -0.2) is 0 Å². The van der Waals surface area contributed by atoms with Gasteiger partial charge in [-0.3, -0.25) is 4.79 Å². The van der Waals surface area contributed by atoms with Crippen molar-refractivity contribution in [3.63, 3.8) is 0 Å². The fraction of sp³-hybridized carbons (Fsp3) is 0.929. The van der Waals surface area contributed by atoms with Crippen LogP contribution in [-0.2, 0) is 4.79 Å². The van der Waals surface area contributed by atoms with Gasteiger partial charge in [-0.15, -0.1) is 0 Å². The van der Waals surface area contributed by atoms with Crippen LogP contribution in [0, 0.1) is 11.3 Å². The van der Waals surface area contributed by atoms with E-state index in [1.807, 2.05) is 0 Å². The average molecular weight is 238 g/mol. The number of nitrogens with one attached hydrogen (secondary N) is 1. The second kappa shape index (κ2) is 5.38. The van der Waals surface area contributed by atoms with Gasteiger partial charge in [0.25, 0.3) is 0 Å². The number of hydrogen-bond donors (Lipinski definition) is 2. The monoisotopic (exact) mass is 238 g/mol. The van der Waals surface area contributed by atoms with E-state index in [1.54, 1.807) is 0 Å². The molecule has 0 aromatic heterocycles. The van der Waals surface area contributed by atoms with Gasteiger partial charge in [-0.05, 0) is 43.9 Å². The van der Waals surface area contributed by atoms with Crippen LogP contribution in [0.25, 0.3) is 0 Å². The lowest BCUT2D eigenvalue weighted by Crippen LogP contribution is -2.39. The molecule has 0 aliphatic heterocycles. The van der Waals surface area contributed by atoms with E-state index in [1.165, 1.54) is 25.7 Å². The van der Waals surface area contributed by atoms with Crippen molar-refractivity contribution >= 4 is 5.91 Å². The average Bonchev–Trinajstić information content (AvgIpc) is 3.07. The van der Waals surface area contributed by atoms with Crippen molar-refractivity contribution in [2.24, 2.45) is 17.1 Å². The number of hydrogen-bond acceptors (Lipinski definition) is 2. The predicted molar refractivity (Wildman–Crippen MR) is 69.5 cm³/mol. The zero-order chi connectivity index (χ0) is 12.3. The van der Waals surface area contributed by atoms with E-state index in [9.17, 15) is 4.79 Å². The Balaban J connectivity index is 1.73. The van der Waals surface area contributed by atoms with Crippen LogP contribution >= 0.6 is 0 Å². The van der Waals surface area contributed by atoms with Crippen LogP contribution in [0.4, 0.5) is 0 Å². The van der Waals surface area contributed by atoms with Crippen LogP contribution in [0.5, 0.6) is 0 Å². The molecule has 2 atom stereocenters. The number of carbonyl (C=O) groups excluding carboxylic acids is 1. The molecule has 3 nitrogen and oxygen atoms in total. The highest BCUT2D eigenvalue weighted by atomic mass is 16.1. The minimum Gasteiger partial charge on any atom is -0.355 e. The first kappa shape index (κ1) is 12.9. The lowest BCUT2D eigenvalue weighted by molar-refractivity contribution is -0.126. The van der Waals surface area contributed by atoms with E-state index >= 15 is 0 Å². The molecule has 0 spiro atoms. The standard InChI is InChI=1S/C14H26N2O/c1-2-6-14(7-8-14)10-16-13(17)11-4-3-5-12(15)9-11/h11-12H,2-10,15H2,1H3,(H,16,17). The molecule has 0 aromatic carbocycles. The van der Waals surface area contributed by atoms with Crippen LogP contribution in [-0.4, -0.2) is 18.5 Å². The Kier molecular flexibility index (Phi) is 4.08. The van der Waals surface area contributed by atoms with Crippen LogP contribution < -0.4 is 11.1 Å². The fourth-order valence-corrected chi connectivity index (χ4v) is 3.11. The number of nitrogens with two attached hydrogens (primary N) is 1. The molecular weight excluding hydrogens is 212 g/mol. The predicted octanol–water partition coefficient (Wildman–Crippen LogP) is 2.20. The Labute approximate surface area is 105 Å². The van der Waals surface area contributed by atoms with Gasteiger partial charge in [0.2, 0.25) is 5.91 Å². The summed E-state index contributed by atoms with van der Waals surface area (Å²) in [5, 5.41) is 3.17. The van der Waals surface area contributed by atoms with Crippen molar-refractivity contribution < 1.29 is 4.79 Å². The zero-order valence-corrected chi connectivity index (χ0v) is 11.0. The third-order valence-corrected chi connectivity index (χ3v) is 4.46. The van der Waals surface area contributed by atoms with Gasteiger partial charge in [0, 0.05) is 18.5 Å². The molecule has 3 N–H and O–H groups in total. The van der Waals surface area contributed by atoms with Gasteiger partial charge in [0.1, 0.15) is 0 Å². The van der Waals surface area contributed by atoms with Gasteiger partial charge in [-0.2, -0.15) is 0 Å². The summed E-state index contributed by atoms with van der Waals surface area (Å²) in [7, 11) is 0. The van der Waals surface area contributed by atoms with Crippen molar-refractivity contribution in [2.75, 3.05) is 6.54 Å². The van der Waals surface area contributed by atoms with Crippen LogP contribution in [0.2, 0.25) is 0 Å². The van der Waals surface area contributed by atoms with Crippen molar-refractivity contribution in [3.8, 4) is 0 Å². The first-order chi connectivity index (χ1) is 8.15. The van der Waals surface area contributed by atoms with Gasteiger partial charge in [-0.1, -0.05) is 19.8 Å². The van der Waals surface area contributed by atoms with E-state index in [0.29, 0.717) is 5.41 Å². The Morgan fingerprint density at radius 2 is 2.18 bits per heavy atom. The normalized spacial score (nSPS) is 30.9. The highest BCUT2D eigenvalue weighted by Crippen LogP contribution is 2.49. The molecule has 0 aromatic rings. The first-order valence-corrected chi connectivity index (χ1v) is 7.18. The Morgan fingerprint density at radius 3 is 2.76 bits per heavy atom. The minimum absolute atomic E-state index is 0.177. The van der Waals surface area contributed by atoms with Gasteiger partial charge in [0.05, 0.1) is 0 Å². The molecule has 2 rings (SSSR count). The lowest BCUT2D eigenvalue weighted by atomic mass is 9.85. The summed E-state index contributed by atoms with van der Waals surface area (Å²) in [4.78, 5) is 12.1. The zero-order valence-electron chi connectivity index (χ0n) is 11.0. The smallest absolute Gasteiger partial charge is 0.223 e. The number of carbonyl (C=O) groups is 1. The SMILES string of the molecule is CCCC1(CNC(=O)C2CCCC(N)C2)CC1. The molecule has 2 aliphatic carbocycles. The third-order valence-electron chi connectivity index (χ3n) is 4.46. The van der Waals surface area contributed by atoms with Crippen molar-refractivity contribution in [1.29, 1.82) is 0 Å². The molecule has 0 heterocycles. The van der Waals surface area contributed by atoms with E-state index in [2.05, 4.69) is 12.2 Å². The second-order valence-electron chi connectivity index (χ2n) is 6.09. The van der Waals surface area contributed by atoms with Gasteiger partial charge in [0.15, 0.2) is 0 Å². The minimum atomic E-state index is 0.177. The van der Waals surface area contributed by atoms with Gasteiger partial charge < -0.3 is 11.1 Å². The third kappa shape index (κ3) is 3.44. The molecular formula is C14H26N2O. The summed E-state index contributed by atoms with van der Waals surface area (Å²) in [6.45, 7) is 3.12. The molecule has 0 bridgehead atoms.